The van der Waals surface area contributed by atoms with Gasteiger partial charge in [0.1, 0.15) is 0 Å². The van der Waals surface area contributed by atoms with Gasteiger partial charge in [-0.2, -0.15) is 15.0 Å². The van der Waals surface area contributed by atoms with Gasteiger partial charge in [-0.3, -0.25) is 0 Å². The largest absolute Gasteiger partial charge is 0.381 e. The number of nitrogens with zero attached hydrogens (tertiary/aromatic N) is 4. The van der Waals surface area contributed by atoms with Crippen LogP contribution in [0.2, 0.25) is 0 Å². The van der Waals surface area contributed by atoms with Gasteiger partial charge < -0.3 is 20.3 Å². The van der Waals surface area contributed by atoms with Crippen molar-refractivity contribution in [2.24, 2.45) is 0 Å². The Balaban J connectivity index is 2.42. The van der Waals surface area contributed by atoms with Crippen LogP contribution in [0.3, 0.4) is 0 Å². The molecule has 0 radical (unpaired) electrons. The third-order valence-corrected chi connectivity index (χ3v) is 2.75. The number of rotatable bonds is 11. The zero-order chi connectivity index (χ0) is 15.5. The average Bonchev–Trinajstić information content (AvgIpc) is 2.46. The van der Waals surface area contributed by atoms with E-state index >= 15 is 0 Å². The molecule has 0 unspecified atom stereocenters. The fourth-order valence-electron chi connectivity index (χ4n) is 1.60. The Morgan fingerprint density at radius 3 is 2.24 bits per heavy atom. The lowest BCUT2D eigenvalue weighted by atomic mass is 10.4. The molecule has 0 aliphatic heterocycles. The lowest BCUT2D eigenvalue weighted by Crippen LogP contribution is -2.17. The molecule has 0 amide bonds. The zero-order valence-corrected chi connectivity index (χ0v) is 13.6. The molecule has 7 nitrogen and oxygen atoms in total. The maximum absolute atomic E-state index is 5.52. The second-order valence-corrected chi connectivity index (χ2v) is 4.95. The van der Waals surface area contributed by atoms with Gasteiger partial charge in [0.15, 0.2) is 0 Å². The van der Waals surface area contributed by atoms with Crippen LogP contribution >= 0.6 is 0 Å². The van der Waals surface area contributed by atoms with Gasteiger partial charge in [0.2, 0.25) is 17.8 Å². The molecule has 0 atom stereocenters. The number of nitrogens with one attached hydrogen (secondary N) is 2. The van der Waals surface area contributed by atoms with E-state index in [9.17, 15) is 0 Å². The highest BCUT2D eigenvalue weighted by molar-refractivity contribution is 5.42. The second-order valence-electron chi connectivity index (χ2n) is 4.95. The smallest absolute Gasteiger partial charge is 0.231 e. The Kier molecular flexibility index (Phi) is 8.42. The molecule has 0 bridgehead atoms. The predicted octanol–water partition coefficient (Wildman–Crippen LogP) is 1.99. The highest BCUT2D eigenvalue weighted by Crippen LogP contribution is 2.11. The molecule has 2 N–H and O–H groups in total. The number of anilines is 3. The van der Waals surface area contributed by atoms with E-state index < -0.39 is 0 Å². The van der Waals surface area contributed by atoms with Gasteiger partial charge in [-0.05, 0) is 19.8 Å². The number of unbranched alkanes of at least 4 members (excludes halogenated alkanes) is 1. The SMILES string of the molecule is CCCCOCCCNc1nc(NCC)nc(N(C)C)n1. The summed E-state index contributed by atoms with van der Waals surface area (Å²) >= 11 is 0. The lowest BCUT2D eigenvalue weighted by molar-refractivity contribution is 0.131. The quantitative estimate of drug-likeness (QED) is 0.605. The molecule has 21 heavy (non-hydrogen) atoms. The van der Waals surface area contributed by atoms with Gasteiger partial charge >= 0.3 is 0 Å². The summed E-state index contributed by atoms with van der Waals surface area (Å²) in [6.45, 7) is 7.35. The molecule has 1 heterocycles. The molecule has 1 rings (SSSR count). The maximum atomic E-state index is 5.52. The Hall–Kier alpha value is -1.63. The minimum absolute atomic E-state index is 0.595. The summed E-state index contributed by atoms with van der Waals surface area (Å²) in [6.07, 6.45) is 3.23. The Morgan fingerprint density at radius 1 is 0.952 bits per heavy atom. The Bertz CT molecular complexity index is 399. The second kappa shape index (κ2) is 10.1. The number of ether oxygens (including phenoxy) is 1. The summed E-state index contributed by atoms with van der Waals surface area (Å²) in [7, 11) is 3.83. The van der Waals surface area contributed by atoms with E-state index in [4.69, 9.17) is 4.74 Å². The maximum Gasteiger partial charge on any atom is 0.231 e. The van der Waals surface area contributed by atoms with E-state index in [1.165, 1.54) is 6.42 Å². The van der Waals surface area contributed by atoms with Crippen LogP contribution in [-0.2, 0) is 4.74 Å². The normalized spacial score (nSPS) is 10.5. The van der Waals surface area contributed by atoms with Crippen molar-refractivity contribution >= 4 is 17.8 Å². The standard InChI is InChI=1S/C14H28N6O/c1-5-7-10-21-11-8-9-16-13-17-12(15-6-2)18-14(19-13)20(3)4/h5-11H2,1-4H3,(H2,15,16,17,18,19). The number of aromatic nitrogens is 3. The molecular weight excluding hydrogens is 268 g/mol. The van der Waals surface area contributed by atoms with Crippen LogP contribution in [0.15, 0.2) is 0 Å². The minimum atomic E-state index is 0.595. The highest BCUT2D eigenvalue weighted by Gasteiger charge is 2.07. The van der Waals surface area contributed by atoms with Gasteiger partial charge in [-0.1, -0.05) is 13.3 Å². The molecule has 120 valence electrons. The zero-order valence-electron chi connectivity index (χ0n) is 13.6. The van der Waals surface area contributed by atoms with E-state index in [0.29, 0.717) is 17.8 Å². The van der Waals surface area contributed by atoms with Crippen LogP contribution in [-0.4, -0.2) is 55.4 Å². The topological polar surface area (TPSA) is 75.2 Å². The van der Waals surface area contributed by atoms with Gasteiger partial charge in [0.25, 0.3) is 0 Å². The van der Waals surface area contributed by atoms with Crippen molar-refractivity contribution in [2.45, 2.75) is 33.1 Å². The van der Waals surface area contributed by atoms with E-state index in [2.05, 4.69) is 32.5 Å². The first-order valence-electron chi connectivity index (χ1n) is 7.66. The third-order valence-electron chi connectivity index (χ3n) is 2.75. The van der Waals surface area contributed by atoms with E-state index in [1.807, 2.05) is 25.9 Å². The Labute approximate surface area is 127 Å². The van der Waals surface area contributed by atoms with Crippen molar-refractivity contribution in [1.82, 2.24) is 15.0 Å². The fraction of sp³-hybridized carbons (Fsp3) is 0.786. The monoisotopic (exact) mass is 296 g/mol. The summed E-state index contributed by atoms with van der Waals surface area (Å²) in [5.41, 5.74) is 0. The molecule has 0 aliphatic carbocycles. The Morgan fingerprint density at radius 2 is 1.62 bits per heavy atom. The van der Waals surface area contributed by atoms with Crippen molar-refractivity contribution in [3.05, 3.63) is 0 Å². The van der Waals surface area contributed by atoms with Gasteiger partial charge in [-0.15, -0.1) is 0 Å². The predicted molar refractivity (Wildman–Crippen MR) is 87.2 cm³/mol. The molecular formula is C14H28N6O. The molecule has 1 aromatic heterocycles. The average molecular weight is 296 g/mol. The summed E-state index contributed by atoms with van der Waals surface area (Å²) in [6, 6.07) is 0. The van der Waals surface area contributed by atoms with Gasteiger partial charge in [-0.25, -0.2) is 0 Å². The molecule has 0 aromatic carbocycles. The lowest BCUT2D eigenvalue weighted by Gasteiger charge is -2.13. The van der Waals surface area contributed by atoms with Crippen LogP contribution in [0.1, 0.15) is 33.1 Å². The van der Waals surface area contributed by atoms with E-state index in [1.54, 1.807) is 0 Å². The molecule has 0 fully saturated rings. The molecule has 0 spiro atoms. The van der Waals surface area contributed by atoms with Crippen LogP contribution in [0, 0.1) is 0 Å². The van der Waals surface area contributed by atoms with Gasteiger partial charge in [0, 0.05) is 40.4 Å². The summed E-state index contributed by atoms with van der Waals surface area (Å²) in [4.78, 5) is 14.9. The highest BCUT2D eigenvalue weighted by atomic mass is 16.5. The molecule has 7 heteroatoms. The van der Waals surface area contributed by atoms with E-state index in [-0.39, 0.29) is 0 Å². The van der Waals surface area contributed by atoms with E-state index in [0.717, 1.165) is 39.1 Å². The minimum Gasteiger partial charge on any atom is -0.381 e. The first-order chi connectivity index (χ1) is 10.2. The molecule has 0 saturated heterocycles. The van der Waals surface area contributed by atoms with Crippen LogP contribution in [0.25, 0.3) is 0 Å². The first kappa shape index (κ1) is 17.4. The summed E-state index contributed by atoms with van der Waals surface area (Å²) < 4.78 is 5.52. The molecule has 0 saturated carbocycles. The van der Waals surface area contributed by atoms with Gasteiger partial charge in [0.05, 0.1) is 0 Å². The van der Waals surface area contributed by atoms with Crippen LogP contribution in [0.5, 0.6) is 0 Å². The van der Waals surface area contributed by atoms with Crippen molar-refractivity contribution < 1.29 is 4.74 Å². The van der Waals surface area contributed by atoms with Crippen molar-refractivity contribution in [3.8, 4) is 0 Å². The third kappa shape index (κ3) is 7.08. The summed E-state index contributed by atoms with van der Waals surface area (Å²) in [5, 5.41) is 6.34. The van der Waals surface area contributed by atoms with Crippen molar-refractivity contribution in [1.29, 1.82) is 0 Å². The molecule has 1 aromatic rings. The first-order valence-corrected chi connectivity index (χ1v) is 7.66. The van der Waals surface area contributed by atoms with Crippen molar-refractivity contribution in [2.75, 3.05) is 55.9 Å². The van der Waals surface area contributed by atoms with Crippen LogP contribution < -0.4 is 15.5 Å². The molecule has 0 aliphatic rings. The van der Waals surface area contributed by atoms with Crippen molar-refractivity contribution in [3.63, 3.8) is 0 Å². The summed E-state index contributed by atoms with van der Waals surface area (Å²) in [5.74, 6) is 1.83. The van der Waals surface area contributed by atoms with Crippen LogP contribution in [0.4, 0.5) is 17.8 Å². The number of hydrogen-bond donors (Lipinski definition) is 2. The number of hydrogen-bond acceptors (Lipinski definition) is 7. The fourth-order valence-corrected chi connectivity index (χ4v) is 1.60.